The molecule has 5 heteroatoms. The summed E-state index contributed by atoms with van der Waals surface area (Å²) >= 11 is 1.67. The van der Waals surface area contributed by atoms with Crippen LogP contribution in [0.3, 0.4) is 0 Å². The SMILES string of the molecule is Cc1csc([C@@H]2CCCCN2C(=O)C2=COCCC2)n1. The van der Waals surface area contributed by atoms with Gasteiger partial charge in [-0.1, -0.05) is 0 Å². The molecular weight excluding hydrogens is 272 g/mol. The Kier molecular flexibility index (Phi) is 4.05. The summed E-state index contributed by atoms with van der Waals surface area (Å²) in [5, 5.41) is 3.14. The number of piperidine rings is 1. The van der Waals surface area contributed by atoms with E-state index in [-0.39, 0.29) is 11.9 Å². The van der Waals surface area contributed by atoms with Crippen LogP contribution in [0, 0.1) is 6.92 Å². The molecule has 0 radical (unpaired) electrons. The topological polar surface area (TPSA) is 42.4 Å². The fraction of sp³-hybridized carbons (Fsp3) is 0.600. The van der Waals surface area contributed by atoms with Gasteiger partial charge >= 0.3 is 0 Å². The molecule has 20 heavy (non-hydrogen) atoms. The Labute approximate surface area is 123 Å². The summed E-state index contributed by atoms with van der Waals surface area (Å²) in [5.41, 5.74) is 1.86. The van der Waals surface area contributed by atoms with Gasteiger partial charge in [0.2, 0.25) is 0 Å². The molecule has 0 aromatic carbocycles. The number of aromatic nitrogens is 1. The molecule has 1 saturated heterocycles. The Morgan fingerprint density at radius 3 is 3.05 bits per heavy atom. The maximum absolute atomic E-state index is 12.7. The Hall–Kier alpha value is -1.36. The Morgan fingerprint density at radius 2 is 2.35 bits per heavy atom. The van der Waals surface area contributed by atoms with Crippen LogP contribution in [0.25, 0.3) is 0 Å². The molecule has 4 nitrogen and oxygen atoms in total. The van der Waals surface area contributed by atoms with Crippen LogP contribution < -0.4 is 0 Å². The molecule has 3 heterocycles. The van der Waals surface area contributed by atoms with Crippen molar-refractivity contribution in [3.63, 3.8) is 0 Å². The van der Waals surface area contributed by atoms with Gasteiger partial charge in [0.1, 0.15) is 5.01 Å². The first kappa shape index (κ1) is 13.6. The van der Waals surface area contributed by atoms with Gasteiger partial charge in [-0.2, -0.15) is 0 Å². The average Bonchev–Trinajstić information content (AvgIpc) is 2.94. The zero-order valence-electron chi connectivity index (χ0n) is 11.8. The zero-order chi connectivity index (χ0) is 13.9. The summed E-state index contributed by atoms with van der Waals surface area (Å²) in [6.45, 7) is 3.57. The number of nitrogens with zero attached hydrogens (tertiary/aromatic N) is 2. The highest BCUT2D eigenvalue weighted by Crippen LogP contribution is 2.34. The van der Waals surface area contributed by atoms with Crippen LogP contribution in [0.4, 0.5) is 0 Å². The molecule has 108 valence electrons. The maximum Gasteiger partial charge on any atom is 0.253 e. The molecule has 0 bridgehead atoms. The number of amides is 1. The number of carbonyl (C=O) groups excluding carboxylic acids is 1. The molecule has 1 fully saturated rings. The van der Waals surface area contributed by atoms with E-state index in [0.29, 0.717) is 0 Å². The van der Waals surface area contributed by atoms with E-state index in [9.17, 15) is 4.79 Å². The summed E-state index contributed by atoms with van der Waals surface area (Å²) < 4.78 is 5.32. The molecule has 1 aromatic heterocycles. The van der Waals surface area contributed by atoms with Gasteiger partial charge in [0, 0.05) is 17.6 Å². The highest BCUT2D eigenvalue weighted by atomic mass is 32.1. The van der Waals surface area contributed by atoms with Crippen LogP contribution in [0.5, 0.6) is 0 Å². The lowest BCUT2D eigenvalue weighted by Crippen LogP contribution is -2.39. The van der Waals surface area contributed by atoms with E-state index in [2.05, 4.69) is 10.4 Å². The van der Waals surface area contributed by atoms with Gasteiger partial charge in [-0.15, -0.1) is 11.3 Å². The molecule has 0 unspecified atom stereocenters. The van der Waals surface area contributed by atoms with E-state index in [1.807, 2.05) is 11.8 Å². The highest BCUT2D eigenvalue weighted by molar-refractivity contribution is 7.09. The monoisotopic (exact) mass is 292 g/mol. The number of carbonyl (C=O) groups is 1. The molecule has 0 saturated carbocycles. The fourth-order valence-electron chi connectivity index (χ4n) is 2.86. The lowest BCUT2D eigenvalue weighted by Gasteiger charge is -2.35. The number of likely N-dealkylation sites (tertiary alicyclic amines) is 1. The van der Waals surface area contributed by atoms with Crippen molar-refractivity contribution < 1.29 is 9.53 Å². The summed E-state index contributed by atoms with van der Waals surface area (Å²) in [7, 11) is 0. The predicted molar refractivity (Wildman–Crippen MR) is 78.4 cm³/mol. The van der Waals surface area contributed by atoms with Gasteiger partial charge in [-0.3, -0.25) is 4.79 Å². The van der Waals surface area contributed by atoms with Crippen LogP contribution in [0.1, 0.15) is 48.8 Å². The van der Waals surface area contributed by atoms with E-state index in [4.69, 9.17) is 4.74 Å². The van der Waals surface area contributed by atoms with Crippen LogP contribution in [-0.2, 0) is 9.53 Å². The van der Waals surface area contributed by atoms with E-state index < -0.39 is 0 Å². The molecule has 2 aliphatic rings. The quantitative estimate of drug-likeness (QED) is 0.840. The molecule has 1 atom stereocenters. The minimum atomic E-state index is 0.141. The van der Waals surface area contributed by atoms with Crippen molar-refractivity contribution in [1.82, 2.24) is 9.88 Å². The van der Waals surface area contributed by atoms with Gasteiger partial charge in [0.25, 0.3) is 5.91 Å². The lowest BCUT2D eigenvalue weighted by molar-refractivity contribution is -0.131. The average molecular weight is 292 g/mol. The second-order valence-corrected chi connectivity index (χ2v) is 6.34. The third-order valence-electron chi connectivity index (χ3n) is 3.89. The van der Waals surface area contributed by atoms with E-state index in [0.717, 1.165) is 55.1 Å². The number of thiazole rings is 1. The second kappa shape index (κ2) is 5.95. The van der Waals surface area contributed by atoms with Crippen LogP contribution >= 0.6 is 11.3 Å². The van der Waals surface area contributed by atoms with Crippen LogP contribution in [0.15, 0.2) is 17.2 Å². The zero-order valence-corrected chi connectivity index (χ0v) is 12.6. The Morgan fingerprint density at radius 1 is 1.45 bits per heavy atom. The third kappa shape index (κ3) is 2.73. The van der Waals surface area contributed by atoms with Crippen molar-refractivity contribution >= 4 is 17.2 Å². The van der Waals surface area contributed by atoms with Gasteiger partial charge in [0.05, 0.1) is 24.5 Å². The smallest absolute Gasteiger partial charge is 0.253 e. The van der Waals surface area contributed by atoms with Gasteiger partial charge in [-0.25, -0.2) is 4.98 Å². The first-order chi connectivity index (χ1) is 9.75. The molecule has 0 aliphatic carbocycles. The standard InChI is InChI=1S/C15H20N2O2S/c1-11-10-20-14(16-11)13-6-2-3-7-17(13)15(18)12-5-4-8-19-9-12/h9-10,13H,2-8H2,1H3/t13-/m0/s1. The largest absolute Gasteiger partial charge is 0.501 e. The van der Waals surface area contributed by atoms with Gasteiger partial charge < -0.3 is 9.64 Å². The molecule has 1 aromatic rings. The molecule has 1 amide bonds. The van der Waals surface area contributed by atoms with Crippen LogP contribution in [-0.4, -0.2) is 28.9 Å². The first-order valence-electron chi connectivity index (χ1n) is 7.29. The van der Waals surface area contributed by atoms with Gasteiger partial charge in [-0.05, 0) is 39.0 Å². The number of aryl methyl sites for hydroxylation is 1. The van der Waals surface area contributed by atoms with Crippen molar-refractivity contribution in [3.8, 4) is 0 Å². The normalized spacial score (nSPS) is 23.1. The van der Waals surface area contributed by atoms with Crippen molar-refractivity contribution in [2.45, 2.75) is 45.1 Å². The predicted octanol–water partition coefficient (Wildman–Crippen LogP) is 3.20. The Balaban J connectivity index is 1.81. The minimum absolute atomic E-state index is 0.141. The number of ether oxygens (including phenoxy) is 1. The van der Waals surface area contributed by atoms with E-state index in [1.165, 1.54) is 6.42 Å². The number of rotatable bonds is 2. The molecule has 2 aliphatic heterocycles. The first-order valence-corrected chi connectivity index (χ1v) is 8.17. The summed E-state index contributed by atoms with van der Waals surface area (Å²) in [4.78, 5) is 19.3. The minimum Gasteiger partial charge on any atom is -0.501 e. The summed E-state index contributed by atoms with van der Waals surface area (Å²) in [6.07, 6.45) is 6.70. The molecule has 0 N–H and O–H groups in total. The van der Waals surface area contributed by atoms with Crippen LogP contribution in [0.2, 0.25) is 0 Å². The van der Waals surface area contributed by atoms with E-state index in [1.54, 1.807) is 17.6 Å². The van der Waals surface area contributed by atoms with E-state index >= 15 is 0 Å². The fourth-order valence-corrected chi connectivity index (χ4v) is 3.81. The summed E-state index contributed by atoms with van der Waals surface area (Å²) in [5.74, 6) is 0.141. The number of hydrogen-bond acceptors (Lipinski definition) is 4. The van der Waals surface area contributed by atoms with Crippen molar-refractivity contribution in [3.05, 3.63) is 27.9 Å². The highest BCUT2D eigenvalue weighted by Gasteiger charge is 2.31. The summed E-state index contributed by atoms with van der Waals surface area (Å²) in [6, 6.07) is 0.151. The molecular formula is C15H20N2O2S. The second-order valence-electron chi connectivity index (χ2n) is 5.45. The van der Waals surface area contributed by atoms with Crippen molar-refractivity contribution in [2.75, 3.05) is 13.2 Å². The van der Waals surface area contributed by atoms with Gasteiger partial charge in [0.15, 0.2) is 0 Å². The van der Waals surface area contributed by atoms with Crippen molar-refractivity contribution in [2.24, 2.45) is 0 Å². The molecule has 0 spiro atoms. The lowest BCUT2D eigenvalue weighted by atomic mass is 10.00. The number of hydrogen-bond donors (Lipinski definition) is 0. The third-order valence-corrected chi connectivity index (χ3v) is 4.96. The molecule has 3 rings (SSSR count). The van der Waals surface area contributed by atoms with Crippen molar-refractivity contribution in [1.29, 1.82) is 0 Å². The Bertz CT molecular complexity index is 524. The maximum atomic E-state index is 12.7.